The van der Waals surface area contributed by atoms with Crippen molar-refractivity contribution in [2.24, 2.45) is 22.7 Å². The zero-order valence-corrected chi connectivity index (χ0v) is 23.5. The van der Waals surface area contributed by atoms with Crippen LogP contribution in [0.25, 0.3) is 0 Å². The minimum Gasteiger partial charge on any atom is -0.390 e. The second kappa shape index (κ2) is 9.06. The molecule has 1 aliphatic heterocycles. The molecule has 0 bridgehead atoms. The van der Waals surface area contributed by atoms with Crippen LogP contribution < -0.4 is 0 Å². The van der Waals surface area contributed by atoms with Gasteiger partial charge in [-0.2, -0.15) is 8.42 Å². The second-order valence-corrected chi connectivity index (χ2v) is 14.0. The first-order chi connectivity index (χ1) is 19.1. The minimum absolute atomic E-state index is 0.0283. The molecule has 6 rings (SSSR count). The highest BCUT2D eigenvalue weighted by molar-refractivity contribution is 7.86. The molecule has 0 spiro atoms. The van der Waals surface area contributed by atoms with Gasteiger partial charge in [-0.15, -0.1) is 0 Å². The molecule has 1 unspecified atom stereocenters. The van der Waals surface area contributed by atoms with E-state index in [9.17, 15) is 27.5 Å². The van der Waals surface area contributed by atoms with Gasteiger partial charge in [0.25, 0.3) is 10.1 Å². The predicted octanol–water partition coefficient (Wildman–Crippen LogP) is 3.45. The lowest BCUT2D eigenvalue weighted by Gasteiger charge is -2.63. The van der Waals surface area contributed by atoms with Gasteiger partial charge in [0.1, 0.15) is 18.6 Å². The highest BCUT2D eigenvalue weighted by Gasteiger charge is 2.80. The molecular weight excluding hydrogens is 565 g/mol. The lowest BCUT2D eigenvalue weighted by Crippen LogP contribution is -2.70. The minimum atomic E-state index is -4.04. The van der Waals surface area contributed by atoms with Crippen LogP contribution in [0.5, 0.6) is 0 Å². The number of halogens is 3. The van der Waals surface area contributed by atoms with Crippen molar-refractivity contribution in [3.05, 3.63) is 59.4 Å². The Bertz CT molecular complexity index is 1490. The first-order valence-corrected chi connectivity index (χ1v) is 15.3. The van der Waals surface area contributed by atoms with Crippen LogP contribution in [0.2, 0.25) is 0 Å². The Morgan fingerprint density at radius 2 is 1.95 bits per heavy atom. The molecule has 1 saturated heterocycles. The topological polar surface area (TPSA) is 116 Å². The standard InChI is InChI=1S/C29H31F3O8S/c1-26-8-7-17(33)10-20(26)21(31)11-19-18-12-24-29(23(35)14-38-41(3,36)37,27(18,2)13-22(34)28(19,26)32)40-25(39-24)15-5-4-6-16(30)9-15/h4-10,18-19,21-22,24-25,34H,11-14H2,1-3H3/t18-,19-,21-,22-,24+,25?,26-,27-,28-,29+/m0/s1. The van der Waals surface area contributed by atoms with Gasteiger partial charge in [0.15, 0.2) is 29.1 Å². The Hall–Kier alpha value is -2.38. The molecule has 0 radical (unpaired) electrons. The number of aliphatic hydroxyl groups excluding tert-OH is 1. The van der Waals surface area contributed by atoms with Crippen LogP contribution in [0.3, 0.4) is 0 Å². The SMILES string of the molecule is C[C@]12C=CC(=O)C=C1[C@@H](F)C[C@H]1[C@@H]3C[C@H]4OC(c5cccc(F)c5)O[C@@]4(C(=O)COS(C)(=O)=O)[C@@]3(C)C[C@H](O)[C@@]12F. The predicted molar refractivity (Wildman–Crippen MR) is 138 cm³/mol. The molecule has 0 amide bonds. The van der Waals surface area contributed by atoms with Crippen molar-refractivity contribution in [2.45, 2.75) is 69.0 Å². The molecule has 1 aromatic carbocycles. The van der Waals surface area contributed by atoms with E-state index in [0.717, 1.165) is 12.3 Å². The molecule has 10 atom stereocenters. The summed E-state index contributed by atoms with van der Waals surface area (Å²) >= 11 is 0. The quantitative estimate of drug-likeness (QED) is 0.514. The molecule has 4 aliphatic carbocycles. The van der Waals surface area contributed by atoms with Crippen molar-refractivity contribution in [2.75, 3.05) is 12.9 Å². The molecule has 0 aromatic heterocycles. The number of alkyl halides is 2. The van der Waals surface area contributed by atoms with Gasteiger partial charge in [-0.3, -0.25) is 13.8 Å². The van der Waals surface area contributed by atoms with Crippen molar-refractivity contribution < 1.29 is 49.9 Å². The number of Topliss-reactive ketones (excluding diaryl/α,β-unsaturated/α-hetero) is 1. The molecule has 222 valence electrons. The van der Waals surface area contributed by atoms with Crippen LogP contribution >= 0.6 is 0 Å². The number of aliphatic hydroxyl groups is 1. The molecule has 8 nitrogen and oxygen atoms in total. The van der Waals surface area contributed by atoms with E-state index >= 15 is 8.78 Å². The van der Waals surface area contributed by atoms with Gasteiger partial charge in [-0.05, 0) is 62.0 Å². The number of carbonyl (C=O) groups excluding carboxylic acids is 2. The summed E-state index contributed by atoms with van der Waals surface area (Å²) in [5.74, 6) is -3.69. The van der Waals surface area contributed by atoms with Gasteiger partial charge in [0, 0.05) is 22.3 Å². The molecule has 3 saturated carbocycles. The number of ketones is 2. The molecule has 1 N–H and O–H groups in total. The van der Waals surface area contributed by atoms with Gasteiger partial charge in [-0.25, -0.2) is 13.2 Å². The molecule has 4 fully saturated rings. The molecular formula is C29H31F3O8S. The monoisotopic (exact) mass is 596 g/mol. The summed E-state index contributed by atoms with van der Waals surface area (Å²) in [7, 11) is -4.04. The van der Waals surface area contributed by atoms with Gasteiger partial charge >= 0.3 is 0 Å². The van der Waals surface area contributed by atoms with Gasteiger partial charge in [0.05, 0.1) is 18.5 Å². The molecule has 41 heavy (non-hydrogen) atoms. The summed E-state index contributed by atoms with van der Waals surface area (Å²) < 4.78 is 88.2. The largest absolute Gasteiger partial charge is 0.390 e. The van der Waals surface area contributed by atoms with E-state index in [0.29, 0.717) is 0 Å². The smallest absolute Gasteiger partial charge is 0.264 e. The number of rotatable bonds is 5. The fourth-order valence-electron chi connectivity index (χ4n) is 8.52. The van der Waals surface area contributed by atoms with Gasteiger partial charge in [0.2, 0.25) is 0 Å². The Morgan fingerprint density at radius 1 is 1.22 bits per heavy atom. The van der Waals surface area contributed by atoms with Crippen LogP contribution in [0.1, 0.15) is 45.0 Å². The Balaban J connectivity index is 1.45. The summed E-state index contributed by atoms with van der Waals surface area (Å²) in [5.41, 5.74) is -7.05. The molecule has 5 aliphatic rings. The highest BCUT2D eigenvalue weighted by atomic mass is 32.2. The van der Waals surface area contributed by atoms with E-state index in [4.69, 9.17) is 13.7 Å². The average molecular weight is 597 g/mol. The lowest BCUT2D eigenvalue weighted by atomic mass is 9.44. The van der Waals surface area contributed by atoms with Crippen molar-refractivity contribution >= 4 is 21.7 Å². The maximum Gasteiger partial charge on any atom is 0.264 e. The van der Waals surface area contributed by atoms with Crippen LogP contribution in [0.15, 0.2) is 48.1 Å². The van der Waals surface area contributed by atoms with Crippen molar-refractivity contribution in [1.29, 1.82) is 0 Å². The van der Waals surface area contributed by atoms with Crippen LogP contribution in [0, 0.1) is 28.5 Å². The first-order valence-electron chi connectivity index (χ1n) is 13.5. The van der Waals surface area contributed by atoms with E-state index in [2.05, 4.69) is 0 Å². The van der Waals surface area contributed by atoms with Crippen LogP contribution in [-0.4, -0.2) is 67.6 Å². The number of hydrogen-bond acceptors (Lipinski definition) is 8. The summed E-state index contributed by atoms with van der Waals surface area (Å²) in [6.45, 7) is 2.20. The third-order valence-corrected chi connectivity index (χ3v) is 10.9. The number of hydrogen-bond donors (Lipinski definition) is 1. The van der Waals surface area contributed by atoms with E-state index in [1.807, 2.05) is 0 Å². The number of carbonyl (C=O) groups is 2. The normalized spacial score (nSPS) is 45.0. The van der Waals surface area contributed by atoms with Crippen molar-refractivity contribution in [1.82, 2.24) is 0 Å². The summed E-state index contributed by atoms with van der Waals surface area (Å²) in [4.78, 5) is 26.0. The highest BCUT2D eigenvalue weighted by Crippen LogP contribution is 2.72. The summed E-state index contributed by atoms with van der Waals surface area (Å²) in [5, 5.41) is 11.6. The van der Waals surface area contributed by atoms with Crippen LogP contribution in [-0.2, 0) is 33.4 Å². The van der Waals surface area contributed by atoms with E-state index < -0.39 is 92.7 Å². The number of benzene rings is 1. The average Bonchev–Trinajstić information content (AvgIpc) is 3.39. The van der Waals surface area contributed by atoms with Gasteiger partial charge in [-0.1, -0.05) is 25.1 Å². The third-order valence-electron chi connectivity index (χ3n) is 10.3. The zero-order chi connectivity index (χ0) is 29.8. The molecule has 1 heterocycles. The van der Waals surface area contributed by atoms with E-state index in [-0.39, 0.29) is 30.4 Å². The first kappa shape index (κ1) is 28.7. The van der Waals surface area contributed by atoms with Crippen LogP contribution in [0.4, 0.5) is 13.2 Å². The van der Waals surface area contributed by atoms with Crippen molar-refractivity contribution in [3.63, 3.8) is 0 Å². The molecule has 12 heteroatoms. The number of ether oxygens (including phenoxy) is 2. The number of fused-ring (bicyclic) bond motifs is 7. The maximum atomic E-state index is 17.5. The lowest BCUT2D eigenvalue weighted by molar-refractivity contribution is -0.235. The Kier molecular flexibility index (Phi) is 6.35. The Labute approximate surface area is 235 Å². The summed E-state index contributed by atoms with van der Waals surface area (Å²) in [6, 6.07) is 5.39. The van der Waals surface area contributed by atoms with Crippen molar-refractivity contribution in [3.8, 4) is 0 Å². The molecule has 1 aromatic rings. The van der Waals surface area contributed by atoms with E-state index in [1.165, 1.54) is 37.3 Å². The Morgan fingerprint density at radius 3 is 2.63 bits per heavy atom. The maximum absolute atomic E-state index is 17.5. The summed E-state index contributed by atoms with van der Waals surface area (Å²) in [6.07, 6.45) is -1.93. The fourth-order valence-corrected chi connectivity index (χ4v) is 8.84. The number of allylic oxidation sites excluding steroid dienone is 4. The zero-order valence-electron chi connectivity index (χ0n) is 22.7. The fraction of sp³-hybridized carbons (Fsp3) is 0.586. The van der Waals surface area contributed by atoms with E-state index in [1.54, 1.807) is 13.0 Å². The third kappa shape index (κ3) is 3.83. The second-order valence-electron chi connectivity index (χ2n) is 12.3. The van der Waals surface area contributed by atoms with Gasteiger partial charge < -0.3 is 14.6 Å².